The first-order valence-electron chi connectivity index (χ1n) is 10.3. The number of aromatic amines is 1. The summed E-state index contributed by atoms with van der Waals surface area (Å²) in [5.41, 5.74) is 3.61. The Morgan fingerprint density at radius 2 is 1.76 bits per heavy atom. The molecule has 0 aliphatic carbocycles. The quantitative estimate of drug-likeness (QED) is 0.478. The highest BCUT2D eigenvalue weighted by Crippen LogP contribution is 2.29. The average Bonchev–Trinajstić information content (AvgIpc) is 3.49. The lowest BCUT2D eigenvalue weighted by molar-refractivity contribution is -0.144. The SMILES string of the molecule is O=C(Nc1cnc(C(F)(F)F)nc1)c1n[nH]c2ccc(-c3cncc(N4CCCC4)c3)cc12. The van der Waals surface area contributed by atoms with Gasteiger partial charge in [0.1, 0.15) is 0 Å². The van der Waals surface area contributed by atoms with Crippen LogP contribution in [0.4, 0.5) is 24.5 Å². The van der Waals surface area contributed by atoms with Crippen LogP contribution in [0.1, 0.15) is 29.2 Å². The lowest BCUT2D eigenvalue weighted by Crippen LogP contribution is -2.17. The van der Waals surface area contributed by atoms with Crippen molar-refractivity contribution in [1.29, 1.82) is 0 Å². The Balaban J connectivity index is 1.41. The highest BCUT2D eigenvalue weighted by atomic mass is 19.4. The van der Waals surface area contributed by atoms with Gasteiger partial charge < -0.3 is 10.2 Å². The number of fused-ring (bicyclic) bond motifs is 1. The molecule has 0 spiro atoms. The van der Waals surface area contributed by atoms with Crippen molar-refractivity contribution in [3.05, 3.63) is 60.6 Å². The van der Waals surface area contributed by atoms with Crippen molar-refractivity contribution in [2.24, 2.45) is 0 Å². The molecule has 0 radical (unpaired) electrons. The zero-order chi connectivity index (χ0) is 23.0. The molecule has 168 valence electrons. The molecule has 2 N–H and O–H groups in total. The molecule has 1 saturated heterocycles. The number of benzene rings is 1. The van der Waals surface area contributed by atoms with E-state index in [0.717, 1.165) is 55.1 Å². The third kappa shape index (κ3) is 4.21. The second kappa shape index (κ2) is 8.15. The van der Waals surface area contributed by atoms with E-state index in [9.17, 15) is 18.0 Å². The van der Waals surface area contributed by atoms with E-state index in [0.29, 0.717) is 10.9 Å². The molecule has 0 bridgehead atoms. The number of aromatic nitrogens is 5. The van der Waals surface area contributed by atoms with Crippen molar-refractivity contribution in [1.82, 2.24) is 25.1 Å². The number of carbonyl (C=O) groups excluding carboxylic acids is 1. The van der Waals surface area contributed by atoms with Gasteiger partial charge >= 0.3 is 6.18 Å². The van der Waals surface area contributed by atoms with Crippen LogP contribution in [-0.2, 0) is 6.18 Å². The van der Waals surface area contributed by atoms with Crippen LogP contribution >= 0.6 is 0 Å². The summed E-state index contributed by atoms with van der Waals surface area (Å²) in [7, 11) is 0. The van der Waals surface area contributed by atoms with Gasteiger partial charge in [-0.1, -0.05) is 6.07 Å². The minimum atomic E-state index is -4.65. The Kier molecular flexibility index (Phi) is 5.15. The van der Waals surface area contributed by atoms with Crippen molar-refractivity contribution in [3.8, 4) is 11.1 Å². The normalized spacial score (nSPS) is 14.1. The van der Waals surface area contributed by atoms with E-state index in [1.807, 2.05) is 24.4 Å². The summed E-state index contributed by atoms with van der Waals surface area (Å²) in [4.78, 5) is 25.9. The van der Waals surface area contributed by atoms with E-state index in [1.54, 1.807) is 6.20 Å². The molecule has 4 aromatic rings. The smallest absolute Gasteiger partial charge is 0.370 e. The minimum Gasteiger partial charge on any atom is -0.370 e. The first-order chi connectivity index (χ1) is 15.9. The van der Waals surface area contributed by atoms with Crippen LogP contribution in [0.15, 0.2) is 49.1 Å². The Hall–Kier alpha value is -4.02. The molecule has 1 aromatic carbocycles. The summed E-state index contributed by atoms with van der Waals surface area (Å²) in [6, 6.07) is 7.63. The Morgan fingerprint density at radius 3 is 2.48 bits per heavy atom. The van der Waals surface area contributed by atoms with Crippen LogP contribution in [-0.4, -0.2) is 44.1 Å². The summed E-state index contributed by atoms with van der Waals surface area (Å²) >= 11 is 0. The number of rotatable bonds is 4. The highest BCUT2D eigenvalue weighted by Gasteiger charge is 2.34. The summed E-state index contributed by atoms with van der Waals surface area (Å²) in [5.74, 6) is -1.87. The minimum absolute atomic E-state index is 0.0304. The molecule has 11 heteroatoms. The van der Waals surface area contributed by atoms with Crippen LogP contribution in [0.25, 0.3) is 22.0 Å². The van der Waals surface area contributed by atoms with Crippen LogP contribution in [0.5, 0.6) is 0 Å². The molecule has 1 aliphatic heterocycles. The summed E-state index contributed by atoms with van der Waals surface area (Å²) in [6.45, 7) is 2.01. The third-order valence-electron chi connectivity index (χ3n) is 5.47. The molecular weight excluding hydrogens is 435 g/mol. The number of nitrogens with one attached hydrogen (secondary N) is 2. The fourth-order valence-electron chi connectivity index (χ4n) is 3.83. The number of anilines is 2. The predicted octanol–water partition coefficient (Wildman–Crippen LogP) is 4.29. The van der Waals surface area contributed by atoms with Gasteiger partial charge in [-0.25, -0.2) is 9.97 Å². The highest BCUT2D eigenvalue weighted by molar-refractivity contribution is 6.11. The van der Waals surface area contributed by atoms with Crippen molar-refractivity contribution in [2.45, 2.75) is 19.0 Å². The van der Waals surface area contributed by atoms with E-state index in [4.69, 9.17) is 0 Å². The molecule has 3 aromatic heterocycles. The summed E-state index contributed by atoms with van der Waals surface area (Å²) in [6.07, 6.45) is 3.09. The van der Waals surface area contributed by atoms with Gasteiger partial charge in [-0.05, 0) is 36.6 Å². The van der Waals surface area contributed by atoms with Gasteiger partial charge in [-0.3, -0.25) is 14.9 Å². The molecule has 5 rings (SSSR count). The zero-order valence-corrected chi connectivity index (χ0v) is 17.2. The molecular formula is C22H18F3N7O. The first-order valence-corrected chi connectivity index (χ1v) is 10.3. The standard InChI is InChI=1S/C22H18F3N7O/c23-22(24,25)21-27-10-15(11-28-21)29-20(33)19-17-8-13(3-4-18(17)30-31-19)14-7-16(12-26-9-14)32-5-1-2-6-32/h3-4,7-12H,1-2,5-6H2,(H,29,33)(H,30,31). The van der Waals surface area contributed by atoms with Crippen molar-refractivity contribution < 1.29 is 18.0 Å². The van der Waals surface area contributed by atoms with Gasteiger partial charge in [0.05, 0.1) is 35.5 Å². The molecule has 1 amide bonds. The Bertz CT molecular complexity index is 1310. The monoisotopic (exact) mass is 453 g/mol. The van der Waals surface area contributed by atoms with Gasteiger partial charge in [0, 0.05) is 30.2 Å². The molecule has 0 saturated carbocycles. The number of amides is 1. The molecule has 4 heterocycles. The second-order valence-electron chi connectivity index (χ2n) is 7.71. The summed E-state index contributed by atoms with van der Waals surface area (Å²) in [5, 5.41) is 9.95. The number of carbonyl (C=O) groups is 1. The largest absolute Gasteiger partial charge is 0.451 e. The fraction of sp³-hybridized carbons (Fsp3) is 0.227. The van der Waals surface area contributed by atoms with Crippen LogP contribution in [0.2, 0.25) is 0 Å². The number of nitrogens with zero attached hydrogens (tertiary/aromatic N) is 5. The second-order valence-corrected chi connectivity index (χ2v) is 7.71. The maximum atomic E-state index is 12.8. The Morgan fingerprint density at radius 1 is 1.00 bits per heavy atom. The maximum absolute atomic E-state index is 12.8. The van der Waals surface area contributed by atoms with Crippen molar-refractivity contribution in [2.75, 3.05) is 23.3 Å². The summed E-state index contributed by atoms with van der Waals surface area (Å²) < 4.78 is 37.9. The van der Waals surface area contributed by atoms with Crippen LogP contribution < -0.4 is 10.2 Å². The predicted molar refractivity (Wildman–Crippen MR) is 116 cm³/mol. The Labute approximate surface area is 185 Å². The van der Waals surface area contributed by atoms with E-state index in [1.165, 1.54) is 0 Å². The number of pyridine rings is 1. The molecule has 1 aliphatic rings. The number of H-pyrrole nitrogens is 1. The maximum Gasteiger partial charge on any atom is 0.451 e. The molecule has 1 fully saturated rings. The van der Waals surface area contributed by atoms with Gasteiger partial charge in [0.2, 0.25) is 5.82 Å². The van der Waals surface area contributed by atoms with Gasteiger partial charge in [-0.15, -0.1) is 0 Å². The van der Waals surface area contributed by atoms with Gasteiger partial charge in [-0.2, -0.15) is 18.3 Å². The average molecular weight is 453 g/mol. The van der Waals surface area contributed by atoms with E-state index in [-0.39, 0.29) is 11.4 Å². The third-order valence-corrected chi connectivity index (χ3v) is 5.47. The molecule has 0 atom stereocenters. The molecule has 33 heavy (non-hydrogen) atoms. The van der Waals surface area contributed by atoms with Crippen LogP contribution in [0, 0.1) is 0 Å². The van der Waals surface area contributed by atoms with Crippen molar-refractivity contribution >= 4 is 28.2 Å². The van der Waals surface area contributed by atoms with Gasteiger partial charge in [0.15, 0.2) is 5.69 Å². The number of alkyl halides is 3. The zero-order valence-electron chi connectivity index (χ0n) is 17.2. The molecule has 8 nitrogen and oxygen atoms in total. The van der Waals surface area contributed by atoms with E-state index >= 15 is 0 Å². The number of hydrogen-bond acceptors (Lipinski definition) is 6. The first kappa shape index (κ1) is 20.9. The topological polar surface area (TPSA) is 99.7 Å². The molecule has 0 unspecified atom stereocenters. The fourth-order valence-corrected chi connectivity index (χ4v) is 3.83. The lowest BCUT2D eigenvalue weighted by Gasteiger charge is -2.17. The van der Waals surface area contributed by atoms with E-state index in [2.05, 4.69) is 41.4 Å². The number of hydrogen-bond donors (Lipinski definition) is 2. The lowest BCUT2D eigenvalue weighted by atomic mass is 10.0. The van der Waals surface area contributed by atoms with E-state index < -0.39 is 17.9 Å². The number of halogens is 3. The van der Waals surface area contributed by atoms with Gasteiger partial charge in [0.25, 0.3) is 5.91 Å². The van der Waals surface area contributed by atoms with Crippen LogP contribution in [0.3, 0.4) is 0 Å². The van der Waals surface area contributed by atoms with Crippen molar-refractivity contribution in [3.63, 3.8) is 0 Å².